The van der Waals surface area contributed by atoms with Crippen molar-refractivity contribution in [2.75, 3.05) is 13.1 Å². The topological polar surface area (TPSA) is 94.9 Å². The Labute approximate surface area is 116 Å². The van der Waals surface area contributed by atoms with E-state index < -0.39 is 30.3 Å². The molecule has 0 aromatic heterocycles. The lowest BCUT2D eigenvalue weighted by molar-refractivity contribution is -0.148. The Balaban J connectivity index is 2.74. The maximum Gasteiger partial charge on any atom is 0.323 e. The van der Waals surface area contributed by atoms with E-state index in [0.29, 0.717) is 0 Å². The number of benzene rings is 1. The third-order valence-corrected chi connectivity index (χ3v) is 2.79. The van der Waals surface area contributed by atoms with Crippen molar-refractivity contribution in [1.82, 2.24) is 4.90 Å². The molecule has 1 unspecified atom stereocenters. The Morgan fingerprint density at radius 2 is 1.75 bits per heavy atom. The van der Waals surface area contributed by atoms with Gasteiger partial charge in [-0.1, -0.05) is 37.3 Å². The van der Waals surface area contributed by atoms with Crippen molar-refractivity contribution in [1.29, 1.82) is 0 Å². The van der Waals surface area contributed by atoms with Crippen molar-refractivity contribution >= 4 is 17.8 Å². The summed E-state index contributed by atoms with van der Waals surface area (Å²) in [5.41, 5.74) is 0.760. The van der Waals surface area contributed by atoms with Crippen LogP contribution in [-0.4, -0.2) is 46.0 Å². The van der Waals surface area contributed by atoms with Gasteiger partial charge in [0.25, 0.3) is 0 Å². The monoisotopic (exact) mass is 279 g/mol. The quantitative estimate of drug-likeness (QED) is 0.772. The van der Waals surface area contributed by atoms with Gasteiger partial charge in [0.2, 0.25) is 5.91 Å². The van der Waals surface area contributed by atoms with Gasteiger partial charge >= 0.3 is 11.9 Å². The summed E-state index contributed by atoms with van der Waals surface area (Å²) in [6.07, 6.45) is 0.0560. The molecule has 1 aromatic rings. The Bertz CT molecular complexity index is 486. The number of carboxylic acids is 2. The normalized spacial score (nSPS) is 11.7. The van der Waals surface area contributed by atoms with Crippen LogP contribution in [0.25, 0.3) is 0 Å². The molecule has 0 saturated heterocycles. The molecule has 0 aliphatic heterocycles. The van der Waals surface area contributed by atoms with Crippen molar-refractivity contribution in [3.8, 4) is 0 Å². The molecule has 0 bridgehead atoms. The molecule has 0 spiro atoms. The number of aliphatic carboxylic acids is 2. The van der Waals surface area contributed by atoms with Crippen LogP contribution in [-0.2, 0) is 20.8 Å². The highest BCUT2D eigenvalue weighted by Crippen LogP contribution is 2.06. The number of hydrogen-bond acceptors (Lipinski definition) is 3. The largest absolute Gasteiger partial charge is 0.481 e. The molecule has 108 valence electrons. The summed E-state index contributed by atoms with van der Waals surface area (Å²) < 4.78 is 0. The first-order chi connectivity index (χ1) is 9.40. The van der Waals surface area contributed by atoms with Crippen LogP contribution in [0.5, 0.6) is 0 Å². The lowest BCUT2D eigenvalue weighted by Gasteiger charge is -2.22. The van der Waals surface area contributed by atoms with Crippen LogP contribution in [0, 0.1) is 5.92 Å². The first kappa shape index (κ1) is 15.7. The summed E-state index contributed by atoms with van der Waals surface area (Å²) in [5.74, 6) is -3.43. The molecular formula is C14H17NO5. The number of amides is 1. The van der Waals surface area contributed by atoms with Crippen LogP contribution in [0.15, 0.2) is 30.3 Å². The molecule has 0 aliphatic rings. The predicted octanol–water partition coefficient (Wildman–Crippen LogP) is 0.863. The lowest BCUT2D eigenvalue weighted by atomic mass is 10.1. The van der Waals surface area contributed by atoms with E-state index in [1.54, 1.807) is 24.3 Å². The van der Waals surface area contributed by atoms with E-state index in [2.05, 4.69) is 0 Å². The van der Waals surface area contributed by atoms with Crippen molar-refractivity contribution in [3.63, 3.8) is 0 Å². The van der Waals surface area contributed by atoms with E-state index in [1.165, 1.54) is 6.92 Å². The second-order valence-corrected chi connectivity index (χ2v) is 4.57. The molecule has 2 N–H and O–H groups in total. The number of carbonyl (C=O) groups is 3. The van der Waals surface area contributed by atoms with Crippen LogP contribution in [0.2, 0.25) is 0 Å². The summed E-state index contributed by atoms with van der Waals surface area (Å²) in [6, 6.07) is 8.90. The van der Waals surface area contributed by atoms with Gasteiger partial charge in [0.05, 0.1) is 12.3 Å². The highest BCUT2D eigenvalue weighted by Gasteiger charge is 2.22. The van der Waals surface area contributed by atoms with E-state index >= 15 is 0 Å². The molecule has 6 nitrogen and oxygen atoms in total. The number of hydrogen-bond donors (Lipinski definition) is 2. The summed E-state index contributed by atoms with van der Waals surface area (Å²) in [5, 5.41) is 17.7. The molecule has 1 amide bonds. The lowest BCUT2D eigenvalue weighted by Crippen LogP contribution is -2.41. The van der Waals surface area contributed by atoms with Gasteiger partial charge in [-0.25, -0.2) is 0 Å². The standard InChI is InChI=1S/C14H17NO5/c1-10(14(19)20)8-15(9-13(17)18)12(16)7-11-5-3-2-4-6-11/h2-6,10H,7-9H2,1H3,(H,17,18)(H,19,20). The number of nitrogens with zero attached hydrogens (tertiary/aromatic N) is 1. The highest BCUT2D eigenvalue weighted by molar-refractivity contribution is 5.83. The molecule has 1 atom stereocenters. The fourth-order valence-corrected chi connectivity index (χ4v) is 1.71. The summed E-state index contributed by atoms with van der Waals surface area (Å²) in [6.45, 7) is 0.823. The molecule has 0 aliphatic carbocycles. The fraction of sp³-hybridized carbons (Fsp3) is 0.357. The Morgan fingerprint density at radius 1 is 1.15 bits per heavy atom. The Kier molecular flexibility index (Phi) is 5.71. The van der Waals surface area contributed by atoms with Gasteiger partial charge in [-0.3, -0.25) is 14.4 Å². The maximum absolute atomic E-state index is 12.1. The third-order valence-electron chi connectivity index (χ3n) is 2.79. The minimum Gasteiger partial charge on any atom is -0.481 e. The average molecular weight is 279 g/mol. The number of carbonyl (C=O) groups excluding carboxylic acids is 1. The smallest absolute Gasteiger partial charge is 0.323 e. The first-order valence-corrected chi connectivity index (χ1v) is 6.16. The van der Waals surface area contributed by atoms with Crippen LogP contribution in [0.4, 0.5) is 0 Å². The minimum absolute atomic E-state index is 0.0560. The summed E-state index contributed by atoms with van der Waals surface area (Å²) in [4.78, 5) is 34.7. The molecule has 0 saturated carbocycles. The summed E-state index contributed by atoms with van der Waals surface area (Å²) in [7, 11) is 0. The van der Waals surface area contributed by atoms with Gasteiger partial charge in [-0.2, -0.15) is 0 Å². The highest BCUT2D eigenvalue weighted by atomic mass is 16.4. The van der Waals surface area contributed by atoms with Gasteiger partial charge in [0.15, 0.2) is 0 Å². The average Bonchev–Trinajstić information content (AvgIpc) is 2.38. The van der Waals surface area contributed by atoms with Crippen molar-refractivity contribution in [2.45, 2.75) is 13.3 Å². The molecule has 0 fully saturated rings. The van der Waals surface area contributed by atoms with Crippen molar-refractivity contribution in [3.05, 3.63) is 35.9 Å². The van der Waals surface area contributed by atoms with Gasteiger partial charge in [-0.15, -0.1) is 0 Å². The SMILES string of the molecule is CC(CN(CC(=O)O)C(=O)Cc1ccccc1)C(=O)O. The predicted molar refractivity (Wildman–Crippen MR) is 71.2 cm³/mol. The van der Waals surface area contributed by atoms with Crippen LogP contribution < -0.4 is 0 Å². The fourth-order valence-electron chi connectivity index (χ4n) is 1.71. The Hall–Kier alpha value is -2.37. The first-order valence-electron chi connectivity index (χ1n) is 6.16. The van der Waals surface area contributed by atoms with Gasteiger partial charge in [0.1, 0.15) is 6.54 Å². The zero-order valence-corrected chi connectivity index (χ0v) is 11.2. The second-order valence-electron chi connectivity index (χ2n) is 4.57. The zero-order chi connectivity index (χ0) is 15.1. The minimum atomic E-state index is -1.16. The van der Waals surface area contributed by atoms with E-state index in [9.17, 15) is 14.4 Å². The van der Waals surface area contributed by atoms with E-state index in [4.69, 9.17) is 10.2 Å². The van der Waals surface area contributed by atoms with E-state index in [1.807, 2.05) is 6.07 Å². The maximum atomic E-state index is 12.1. The van der Waals surface area contributed by atoms with E-state index in [0.717, 1.165) is 10.5 Å². The molecule has 0 radical (unpaired) electrons. The molecule has 0 heterocycles. The van der Waals surface area contributed by atoms with Gasteiger partial charge in [0, 0.05) is 6.54 Å². The second kappa shape index (κ2) is 7.28. The van der Waals surface area contributed by atoms with E-state index in [-0.39, 0.29) is 13.0 Å². The van der Waals surface area contributed by atoms with Crippen LogP contribution in [0.3, 0.4) is 0 Å². The van der Waals surface area contributed by atoms with Crippen LogP contribution in [0.1, 0.15) is 12.5 Å². The number of carboxylic acid groups (broad SMARTS) is 2. The number of rotatable bonds is 7. The molecule has 20 heavy (non-hydrogen) atoms. The molecule has 1 rings (SSSR count). The molecule has 1 aromatic carbocycles. The van der Waals surface area contributed by atoms with Gasteiger partial charge < -0.3 is 15.1 Å². The van der Waals surface area contributed by atoms with Crippen LogP contribution >= 0.6 is 0 Å². The summed E-state index contributed by atoms with van der Waals surface area (Å²) >= 11 is 0. The molecular weight excluding hydrogens is 262 g/mol. The van der Waals surface area contributed by atoms with Crippen molar-refractivity contribution in [2.24, 2.45) is 5.92 Å². The molecule has 6 heteroatoms. The zero-order valence-electron chi connectivity index (χ0n) is 11.2. The van der Waals surface area contributed by atoms with Gasteiger partial charge in [-0.05, 0) is 5.56 Å². The third kappa shape index (κ3) is 5.09. The Morgan fingerprint density at radius 3 is 2.25 bits per heavy atom. The van der Waals surface area contributed by atoms with Crippen molar-refractivity contribution < 1.29 is 24.6 Å².